The summed E-state index contributed by atoms with van der Waals surface area (Å²) in [7, 11) is 1.81. The van der Waals surface area contributed by atoms with Gasteiger partial charge in [-0.15, -0.1) is 24.0 Å². The molecule has 0 bridgehead atoms. The van der Waals surface area contributed by atoms with Crippen LogP contribution >= 0.6 is 24.0 Å². The monoisotopic (exact) mass is 473 g/mol. The van der Waals surface area contributed by atoms with E-state index in [1.807, 2.05) is 25.4 Å². The fourth-order valence-electron chi connectivity index (χ4n) is 3.05. The Morgan fingerprint density at radius 3 is 2.81 bits per heavy atom. The number of hydrogen-bond donors (Lipinski definition) is 2. The molecule has 146 valence electrons. The minimum Gasteiger partial charge on any atom is -0.477 e. The number of guanidine groups is 1. The number of nitrogens with zero attached hydrogens (tertiary/aromatic N) is 3. The Morgan fingerprint density at radius 2 is 2.08 bits per heavy atom. The van der Waals surface area contributed by atoms with Gasteiger partial charge in [0.15, 0.2) is 5.96 Å². The van der Waals surface area contributed by atoms with Crippen LogP contribution in [0.4, 0.5) is 0 Å². The zero-order valence-corrected chi connectivity index (χ0v) is 18.1. The molecular weight excluding hydrogens is 441 g/mol. The molecule has 0 spiro atoms. The summed E-state index contributed by atoms with van der Waals surface area (Å²) in [6, 6.07) is 4.02. The molecule has 7 heteroatoms. The third kappa shape index (κ3) is 7.65. The molecule has 6 nitrogen and oxygen atoms in total. The molecule has 1 saturated carbocycles. The van der Waals surface area contributed by atoms with E-state index in [1.54, 1.807) is 0 Å². The van der Waals surface area contributed by atoms with E-state index in [0.717, 1.165) is 43.0 Å². The number of halogens is 1. The highest BCUT2D eigenvalue weighted by Gasteiger charge is 2.22. The Hall–Kier alpha value is -1.09. The second kappa shape index (κ2) is 11.6. The molecule has 2 fully saturated rings. The second-order valence-corrected chi connectivity index (χ2v) is 7.01. The minimum atomic E-state index is 0. The number of likely N-dealkylation sites (tertiary alicyclic amines) is 1. The van der Waals surface area contributed by atoms with Gasteiger partial charge in [0.1, 0.15) is 0 Å². The number of aromatic nitrogens is 1. The minimum absolute atomic E-state index is 0. The van der Waals surface area contributed by atoms with Crippen LogP contribution in [0.5, 0.6) is 5.88 Å². The van der Waals surface area contributed by atoms with Gasteiger partial charge in [-0.25, -0.2) is 4.98 Å². The molecule has 1 aromatic heterocycles. The van der Waals surface area contributed by atoms with Gasteiger partial charge < -0.3 is 20.3 Å². The van der Waals surface area contributed by atoms with E-state index in [4.69, 9.17) is 4.74 Å². The number of rotatable bonds is 8. The number of pyridine rings is 1. The zero-order valence-electron chi connectivity index (χ0n) is 15.7. The van der Waals surface area contributed by atoms with Crippen LogP contribution in [-0.4, -0.2) is 55.7 Å². The lowest BCUT2D eigenvalue weighted by molar-refractivity contribution is 0.232. The summed E-state index contributed by atoms with van der Waals surface area (Å²) in [6.07, 6.45) is 8.44. The first-order chi connectivity index (χ1) is 12.3. The summed E-state index contributed by atoms with van der Waals surface area (Å²) < 4.78 is 5.75. The van der Waals surface area contributed by atoms with Crippen molar-refractivity contribution in [2.24, 2.45) is 10.9 Å². The molecule has 0 amide bonds. The maximum Gasteiger partial charge on any atom is 0.213 e. The van der Waals surface area contributed by atoms with Crippen LogP contribution < -0.4 is 15.4 Å². The highest BCUT2D eigenvalue weighted by atomic mass is 127. The average Bonchev–Trinajstić information content (AvgIpc) is 3.48. The van der Waals surface area contributed by atoms with Gasteiger partial charge in [0, 0.05) is 38.9 Å². The predicted octanol–water partition coefficient (Wildman–Crippen LogP) is 2.64. The third-order valence-corrected chi connectivity index (χ3v) is 4.82. The van der Waals surface area contributed by atoms with Crippen LogP contribution in [0, 0.1) is 5.92 Å². The van der Waals surface area contributed by atoms with E-state index in [0.29, 0.717) is 6.54 Å². The molecule has 1 saturated heterocycles. The molecular formula is C19H32IN5O. The van der Waals surface area contributed by atoms with Crippen LogP contribution in [-0.2, 0) is 6.54 Å². The summed E-state index contributed by atoms with van der Waals surface area (Å²) in [4.78, 5) is 11.1. The molecule has 0 aromatic carbocycles. The Labute approximate surface area is 174 Å². The summed E-state index contributed by atoms with van der Waals surface area (Å²) in [5.41, 5.74) is 1.15. The lowest BCUT2D eigenvalue weighted by Gasteiger charge is -2.26. The highest BCUT2D eigenvalue weighted by Crippen LogP contribution is 2.29. The lowest BCUT2D eigenvalue weighted by Crippen LogP contribution is -2.42. The summed E-state index contributed by atoms with van der Waals surface area (Å²) in [5, 5.41) is 6.77. The lowest BCUT2D eigenvalue weighted by atomic mass is 10.1. The normalized spacial score (nSPS) is 18.1. The van der Waals surface area contributed by atoms with Crippen LogP contribution in [0.15, 0.2) is 23.3 Å². The van der Waals surface area contributed by atoms with Gasteiger partial charge in [-0.1, -0.05) is 6.42 Å². The molecule has 0 radical (unpaired) electrons. The number of ether oxygens (including phenoxy) is 1. The summed E-state index contributed by atoms with van der Waals surface area (Å²) in [6.45, 7) is 5.97. The van der Waals surface area contributed by atoms with Crippen molar-refractivity contribution in [3.63, 3.8) is 0 Å². The molecule has 1 aliphatic carbocycles. The van der Waals surface area contributed by atoms with E-state index in [1.165, 1.54) is 45.2 Å². The van der Waals surface area contributed by atoms with Gasteiger partial charge in [-0.3, -0.25) is 4.99 Å². The summed E-state index contributed by atoms with van der Waals surface area (Å²) >= 11 is 0. The topological polar surface area (TPSA) is 61.8 Å². The first kappa shape index (κ1) is 21.2. The van der Waals surface area contributed by atoms with Gasteiger partial charge in [0.25, 0.3) is 0 Å². The van der Waals surface area contributed by atoms with Gasteiger partial charge >= 0.3 is 0 Å². The molecule has 1 aliphatic heterocycles. The van der Waals surface area contributed by atoms with Gasteiger partial charge in [0.2, 0.25) is 5.88 Å². The number of hydrogen-bond acceptors (Lipinski definition) is 4. The zero-order chi connectivity index (χ0) is 17.3. The molecule has 2 aliphatic rings. The van der Waals surface area contributed by atoms with Crippen molar-refractivity contribution in [2.75, 3.05) is 39.8 Å². The van der Waals surface area contributed by atoms with Crippen LogP contribution in [0.2, 0.25) is 0 Å². The maximum absolute atomic E-state index is 5.75. The molecule has 2 N–H and O–H groups in total. The van der Waals surface area contributed by atoms with E-state index in [-0.39, 0.29) is 24.0 Å². The molecule has 2 heterocycles. The summed E-state index contributed by atoms with van der Waals surface area (Å²) in [5.74, 6) is 2.31. The molecule has 3 rings (SSSR count). The van der Waals surface area contributed by atoms with Crippen molar-refractivity contribution < 1.29 is 4.74 Å². The average molecular weight is 473 g/mol. The number of aliphatic imine (C=N–C) groups is 1. The maximum atomic E-state index is 5.75. The van der Waals surface area contributed by atoms with E-state index in [9.17, 15) is 0 Å². The molecule has 0 atom stereocenters. The molecule has 26 heavy (non-hydrogen) atoms. The van der Waals surface area contributed by atoms with Gasteiger partial charge in [0.05, 0.1) is 6.61 Å². The molecule has 1 aromatic rings. The van der Waals surface area contributed by atoms with Crippen molar-refractivity contribution in [1.29, 1.82) is 0 Å². The molecule has 0 unspecified atom stereocenters. The fraction of sp³-hybridized carbons (Fsp3) is 0.684. The highest BCUT2D eigenvalue weighted by molar-refractivity contribution is 14.0. The van der Waals surface area contributed by atoms with Crippen molar-refractivity contribution in [1.82, 2.24) is 20.5 Å². The Kier molecular flexibility index (Phi) is 9.45. The SMILES string of the molecule is CN=C(NCCN1CCCCC1)NCc1ccnc(OCC2CC2)c1.I. The van der Waals surface area contributed by atoms with Crippen molar-refractivity contribution in [3.05, 3.63) is 23.9 Å². The largest absolute Gasteiger partial charge is 0.477 e. The Balaban J connectivity index is 0.00000243. The number of piperidine rings is 1. The fourth-order valence-corrected chi connectivity index (χ4v) is 3.05. The standard InChI is InChI=1S/C19H31N5O.HI/c1-20-19(22-9-12-24-10-3-2-4-11-24)23-14-17-7-8-21-18(13-17)25-15-16-5-6-16;/h7-8,13,16H,2-6,9-12,14-15H2,1H3,(H2,20,22,23);1H. The third-order valence-electron chi connectivity index (χ3n) is 4.82. The van der Waals surface area contributed by atoms with Gasteiger partial charge in [-0.2, -0.15) is 0 Å². The predicted molar refractivity (Wildman–Crippen MR) is 116 cm³/mol. The quantitative estimate of drug-likeness (QED) is 0.346. The van der Waals surface area contributed by atoms with Crippen molar-refractivity contribution in [2.45, 2.75) is 38.6 Å². The van der Waals surface area contributed by atoms with Crippen molar-refractivity contribution >= 4 is 29.9 Å². The van der Waals surface area contributed by atoms with E-state index in [2.05, 4.69) is 25.5 Å². The Bertz CT molecular complexity index is 559. The van der Waals surface area contributed by atoms with Crippen LogP contribution in [0.3, 0.4) is 0 Å². The first-order valence-electron chi connectivity index (χ1n) is 9.58. The first-order valence-corrected chi connectivity index (χ1v) is 9.58. The van der Waals surface area contributed by atoms with Crippen LogP contribution in [0.25, 0.3) is 0 Å². The van der Waals surface area contributed by atoms with Gasteiger partial charge in [-0.05, 0) is 56.3 Å². The van der Waals surface area contributed by atoms with E-state index >= 15 is 0 Å². The smallest absolute Gasteiger partial charge is 0.213 e. The van der Waals surface area contributed by atoms with E-state index < -0.39 is 0 Å². The van der Waals surface area contributed by atoms with Crippen molar-refractivity contribution in [3.8, 4) is 5.88 Å². The van der Waals surface area contributed by atoms with Crippen LogP contribution in [0.1, 0.15) is 37.7 Å². The second-order valence-electron chi connectivity index (χ2n) is 7.01. The number of nitrogens with one attached hydrogen (secondary N) is 2. The Morgan fingerprint density at radius 1 is 1.27 bits per heavy atom.